The minimum Gasteiger partial charge on any atom is -0.335 e. The van der Waals surface area contributed by atoms with Crippen LogP contribution in [0.25, 0.3) is 10.1 Å². The van der Waals surface area contributed by atoms with Crippen molar-refractivity contribution in [1.29, 1.82) is 0 Å². The number of anilines is 1. The number of rotatable bonds is 8. The van der Waals surface area contributed by atoms with Crippen molar-refractivity contribution in [1.82, 2.24) is 9.80 Å². The van der Waals surface area contributed by atoms with E-state index in [0.29, 0.717) is 23.7 Å². The van der Waals surface area contributed by atoms with E-state index in [0.717, 1.165) is 27.6 Å². The Morgan fingerprint density at radius 3 is 2.02 bits per heavy atom. The lowest BCUT2D eigenvalue weighted by Crippen LogP contribution is -2.49. The SMILES string of the molecule is CCN(c1ccc2sc(C(=O)N3CCN(C(c4ccccc4)c4ccccc4)CC3)cc2c1)S(=O)(=O)c1ccc(Br)cc1. The van der Waals surface area contributed by atoms with Gasteiger partial charge in [0.05, 0.1) is 21.5 Å². The van der Waals surface area contributed by atoms with E-state index in [1.165, 1.54) is 26.8 Å². The molecule has 0 aliphatic carbocycles. The minimum absolute atomic E-state index is 0.0215. The summed E-state index contributed by atoms with van der Waals surface area (Å²) in [6.45, 7) is 4.94. The second-order valence-electron chi connectivity index (χ2n) is 10.5. The number of hydrogen-bond donors (Lipinski definition) is 0. The third-order valence-electron chi connectivity index (χ3n) is 7.88. The first-order valence-corrected chi connectivity index (χ1v) is 17.4. The quantitative estimate of drug-likeness (QED) is 0.172. The monoisotopic (exact) mass is 673 g/mol. The summed E-state index contributed by atoms with van der Waals surface area (Å²) in [7, 11) is -3.73. The van der Waals surface area contributed by atoms with Crippen molar-refractivity contribution in [3.8, 4) is 0 Å². The van der Waals surface area contributed by atoms with Gasteiger partial charge >= 0.3 is 0 Å². The van der Waals surface area contributed by atoms with E-state index in [1.807, 2.05) is 48.2 Å². The molecule has 9 heteroatoms. The van der Waals surface area contributed by atoms with Crippen LogP contribution in [0.3, 0.4) is 0 Å². The van der Waals surface area contributed by atoms with Crippen molar-refractivity contribution in [3.63, 3.8) is 0 Å². The van der Waals surface area contributed by atoms with Gasteiger partial charge < -0.3 is 4.90 Å². The Bertz CT molecular complexity index is 1780. The lowest BCUT2D eigenvalue weighted by molar-refractivity contribution is 0.0602. The van der Waals surface area contributed by atoms with Gasteiger partial charge in [0, 0.05) is 41.9 Å². The Morgan fingerprint density at radius 1 is 0.837 bits per heavy atom. The number of carbonyl (C=O) groups is 1. The molecular formula is C34H32BrN3O3S2. The summed E-state index contributed by atoms with van der Waals surface area (Å²) in [5.41, 5.74) is 3.07. The molecule has 2 heterocycles. The molecule has 0 spiro atoms. The molecule has 1 fully saturated rings. The maximum atomic E-state index is 13.6. The fourth-order valence-corrected chi connectivity index (χ4v) is 8.48. The van der Waals surface area contributed by atoms with Crippen molar-refractivity contribution >= 4 is 59.0 Å². The molecule has 220 valence electrons. The number of hydrogen-bond acceptors (Lipinski definition) is 5. The maximum Gasteiger partial charge on any atom is 0.264 e. The zero-order valence-electron chi connectivity index (χ0n) is 23.8. The van der Waals surface area contributed by atoms with Crippen LogP contribution in [0, 0.1) is 0 Å². The lowest BCUT2D eigenvalue weighted by atomic mass is 9.96. The van der Waals surface area contributed by atoms with Gasteiger partial charge in [0.25, 0.3) is 15.9 Å². The minimum atomic E-state index is -3.73. The lowest BCUT2D eigenvalue weighted by Gasteiger charge is -2.39. The fourth-order valence-electron chi connectivity index (χ4n) is 5.74. The summed E-state index contributed by atoms with van der Waals surface area (Å²) in [6, 6.07) is 35.4. The van der Waals surface area contributed by atoms with E-state index >= 15 is 0 Å². The topological polar surface area (TPSA) is 60.9 Å². The largest absolute Gasteiger partial charge is 0.335 e. The first-order valence-electron chi connectivity index (χ1n) is 14.3. The Morgan fingerprint density at radius 2 is 1.44 bits per heavy atom. The van der Waals surface area contributed by atoms with Crippen LogP contribution in [0.2, 0.25) is 0 Å². The second-order valence-corrected chi connectivity index (χ2v) is 14.4. The highest BCUT2D eigenvalue weighted by atomic mass is 79.9. The number of amides is 1. The Labute approximate surface area is 265 Å². The third kappa shape index (κ3) is 6.13. The Kier molecular flexibility index (Phi) is 8.68. The first kappa shape index (κ1) is 29.6. The van der Waals surface area contributed by atoms with E-state index in [2.05, 4.69) is 69.4 Å². The number of sulfonamides is 1. The van der Waals surface area contributed by atoms with Crippen LogP contribution in [-0.4, -0.2) is 56.8 Å². The molecule has 1 aliphatic heterocycles. The standard InChI is InChI=1S/C34H32BrN3O3S2/c1-2-38(43(40,41)30-16-13-28(35)14-17-30)29-15-18-31-27(23-29)24-32(42-31)34(39)37-21-19-36(20-22-37)33(25-9-5-3-6-10-25)26-11-7-4-8-12-26/h3-18,23-24,33H,2,19-22H2,1H3. The highest BCUT2D eigenvalue weighted by Gasteiger charge is 2.29. The molecule has 6 nitrogen and oxygen atoms in total. The van der Waals surface area contributed by atoms with Gasteiger partial charge in [0.15, 0.2) is 0 Å². The van der Waals surface area contributed by atoms with Crippen LogP contribution in [0.1, 0.15) is 33.8 Å². The summed E-state index contributed by atoms with van der Waals surface area (Å²) >= 11 is 4.82. The van der Waals surface area contributed by atoms with Crippen LogP contribution in [0.4, 0.5) is 5.69 Å². The molecule has 1 saturated heterocycles. The molecule has 0 atom stereocenters. The van der Waals surface area contributed by atoms with Gasteiger partial charge in [0.1, 0.15) is 0 Å². The average Bonchev–Trinajstić information content (AvgIpc) is 3.46. The van der Waals surface area contributed by atoms with Crippen molar-refractivity contribution in [2.24, 2.45) is 0 Å². The Hall–Kier alpha value is -3.50. The zero-order chi connectivity index (χ0) is 30.0. The molecule has 1 amide bonds. The van der Waals surface area contributed by atoms with Gasteiger partial charge in [0.2, 0.25) is 0 Å². The number of carbonyl (C=O) groups excluding carboxylic acids is 1. The summed E-state index contributed by atoms with van der Waals surface area (Å²) < 4.78 is 30.1. The number of thiophene rings is 1. The number of nitrogens with zero attached hydrogens (tertiary/aromatic N) is 3. The molecule has 1 aliphatic rings. The van der Waals surface area contributed by atoms with Crippen LogP contribution < -0.4 is 4.31 Å². The molecule has 0 radical (unpaired) electrons. The van der Waals surface area contributed by atoms with Gasteiger partial charge in [-0.15, -0.1) is 11.3 Å². The van der Waals surface area contributed by atoms with Crippen LogP contribution in [0.5, 0.6) is 0 Å². The molecule has 43 heavy (non-hydrogen) atoms. The van der Waals surface area contributed by atoms with E-state index in [4.69, 9.17) is 0 Å². The summed E-state index contributed by atoms with van der Waals surface area (Å²) in [5.74, 6) is 0.0215. The van der Waals surface area contributed by atoms with Gasteiger partial charge in [-0.1, -0.05) is 76.6 Å². The molecule has 4 aromatic carbocycles. The molecular weight excluding hydrogens is 642 g/mol. The third-order valence-corrected chi connectivity index (χ3v) is 11.4. The van der Waals surface area contributed by atoms with Crippen molar-refractivity contribution in [2.45, 2.75) is 17.9 Å². The molecule has 5 aromatic rings. The van der Waals surface area contributed by atoms with Crippen molar-refractivity contribution < 1.29 is 13.2 Å². The highest BCUT2D eigenvalue weighted by molar-refractivity contribution is 9.10. The number of benzene rings is 4. The number of piperazine rings is 1. The zero-order valence-corrected chi connectivity index (χ0v) is 27.0. The number of fused-ring (bicyclic) bond motifs is 1. The first-order chi connectivity index (χ1) is 20.8. The molecule has 0 N–H and O–H groups in total. The summed E-state index contributed by atoms with van der Waals surface area (Å²) in [5, 5.41) is 0.863. The van der Waals surface area contributed by atoms with E-state index in [1.54, 1.807) is 24.3 Å². The van der Waals surface area contributed by atoms with Crippen LogP contribution >= 0.6 is 27.3 Å². The van der Waals surface area contributed by atoms with Gasteiger partial charge in [-0.25, -0.2) is 8.42 Å². The van der Waals surface area contributed by atoms with Crippen molar-refractivity contribution in [3.05, 3.63) is 130 Å². The second kappa shape index (κ2) is 12.6. The van der Waals surface area contributed by atoms with Gasteiger partial charge in [-0.05, 0) is 72.0 Å². The Balaban J connectivity index is 1.19. The number of halogens is 1. The highest BCUT2D eigenvalue weighted by Crippen LogP contribution is 2.34. The average molecular weight is 675 g/mol. The molecule has 0 bridgehead atoms. The van der Waals surface area contributed by atoms with E-state index in [9.17, 15) is 13.2 Å². The summed E-state index contributed by atoms with van der Waals surface area (Å²) in [6.07, 6.45) is 0. The fraction of sp³-hybridized carbons (Fsp3) is 0.206. The molecule has 0 unspecified atom stereocenters. The normalized spacial score (nSPS) is 14.3. The maximum absolute atomic E-state index is 13.6. The van der Waals surface area contributed by atoms with Crippen LogP contribution in [0.15, 0.2) is 119 Å². The smallest absolute Gasteiger partial charge is 0.264 e. The predicted octanol–water partition coefficient (Wildman–Crippen LogP) is 7.43. The predicted molar refractivity (Wildman–Crippen MR) is 178 cm³/mol. The summed E-state index contributed by atoms with van der Waals surface area (Å²) in [4.78, 5) is 18.9. The van der Waals surface area contributed by atoms with Crippen LogP contribution in [-0.2, 0) is 10.0 Å². The van der Waals surface area contributed by atoms with Crippen molar-refractivity contribution in [2.75, 3.05) is 37.0 Å². The molecule has 1 aromatic heterocycles. The van der Waals surface area contributed by atoms with Gasteiger partial charge in [-0.2, -0.15) is 0 Å². The van der Waals surface area contributed by atoms with E-state index < -0.39 is 10.0 Å². The molecule has 0 saturated carbocycles. The molecule has 6 rings (SSSR count). The van der Waals surface area contributed by atoms with E-state index in [-0.39, 0.29) is 23.4 Å². The van der Waals surface area contributed by atoms with Gasteiger partial charge in [-0.3, -0.25) is 14.0 Å².